The molecule has 2 N–H and O–H groups in total. The van der Waals surface area contributed by atoms with Gasteiger partial charge in [0.1, 0.15) is 6.04 Å². The highest BCUT2D eigenvalue weighted by atomic mass is 16.5. The number of ether oxygens (including phenoxy) is 1. The molecule has 0 aliphatic carbocycles. The standard InChI is InChI=1S/C27H28N2O4/c1-19(2)24(29-26(31)22-16-10-5-11-17-22)27(32)33-18-23(30)28-25(20-12-6-3-7-13-20)21-14-8-4-9-15-21/h3-17,19,24-25H,18H2,1-2H3,(H,28,30)(H,29,31)/t24-/m1/s1. The first kappa shape index (κ1) is 23.7. The van der Waals surface area contributed by atoms with Crippen LogP contribution in [0.15, 0.2) is 91.0 Å². The first-order valence-electron chi connectivity index (χ1n) is 10.9. The van der Waals surface area contributed by atoms with Gasteiger partial charge in [0.2, 0.25) is 0 Å². The Morgan fingerprint density at radius 2 is 1.21 bits per heavy atom. The zero-order valence-corrected chi connectivity index (χ0v) is 18.7. The molecule has 0 spiro atoms. The summed E-state index contributed by atoms with van der Waals surface area (Å²) in [6.07, 6.45) is 0. The zero-order chi connectivity index (χ0) is 23.6. The molecule has 0 aromatic heterocycles. The number of esters is 1. The normalized spacial score (nSPS) is 11.6. The lowest BCUT2D eigenvalue weighted by Crippen LogP contribution is -2.46. The quantitative estimate of drug-likeness (QED) is 0.491. The van der Waals surface area contributed by atoms with Crippen LogP contribution in [-0.4, -0.2) is 30.4 Å². The van der Waals surface area contributed by atoms with Crippen molar-refractivity contribution in [1.82, 2.24) is 10.6 Å². The summed E-state index contributed by atoms with van der Waals surface area (Å²) >= 11 is 0. The average molecular weight is 445 g/mol. The lowest BCUT2D eigenvalue weighted by molar-refractivity contribution is -0.151. The van der Waals surface area contributed by atoms with Crippen molar-refractivity contribution in [2.45, 2.75) is 25.9 Å². The third-order valence-corrected chi connectivity index (χ3v) is 5.16. The first-order chi connectivity index (χ1) is 16.0. The van der Waals surface area contributed by atoms with E-state index in [-0.39, 0.29) is 17.9 Å². The number of hydrogen-bond donors (Lipinski definition) is 2. The Morgan fingerprint density at radius 1 is 0.727 bits per heavy atom. The molecule has 0 aliphatic rings. The van der Waals surface area contributed by atoms with Gasteiger partial charge in [-0.1, -0.05) is 92.7 Å². The molecule has 0 saturated carbocycles. The van der Waals surface area contributed by atoms with Crippen LogP contribution in [0.5, 0.6) is 0 Å². The van der Waals surface area contributed by atoms with E-state index in [1.165, 1.54) is 0 Å². The van der Waals surface area contributed by atoms with Gasteiger partial charge in [-0.3, -0.25) is 9.59 Å². The highest BCUT2D eigenvalue weighted by Crippen LogP contribution is 2.21. The van der Waals surface area contributed by atoms with E-state index in [4.69, 9.17) is 4.74 Å². The van der Waals surface area contributed by atoms with Crippen LogP contribution in [0.3, 0.4) is 0 Å². The van der Waals surface area contributed by atoms with E-state index < -0.39 is 24.5 Å². The monoisotopic (exact) mass is 444 g/mol. The van der Waals surface area contributed by atoms with Gasteiger partial charge < -0.3 is 15.4 Å². The van der Waals surface area contributed by atoms with E-state index in [0.717, 1.165) is 11.1 Å². The summed E-state index contributed by atoms with van der Waals surface area (Å²) in [5, 5.41) is 5.64. The van der Waals surface area contributed by atoms with Crippen molar-refractivity contribution in [2.75, 3.05) is 6.61 Å². The molecule has 3 aromatic rings. The molecule has 6 nitrogen and oxygen atoms in total. The van der Waals surface area contributed by atoms with E-state index in [0.29, 0.717) is 5.56 Å². The molecular formula is C27H28N2O4. The van der Waals surface area contributed by atoms with E-state index in [9.17, 15) is 14.4 Å². The van der Waals surface area contributed by atoms with Gasteiger partial charge in [-0.05, 0) is 29.2 Å². The SMILES string of the molecule is CC(C)[C@@H](NC(=O)c1ccccc1)C(=O)OCC(=O)NC(c1ccccc1)c1ccccc1. The zero-order valence-electron chi connectivity index (χ0n) is 18.7. The van der Waals surface area contributed by atoms with E-state index in [1.807, 2.05) is 66.7 Å². The van der Waals surface area contributed by atoms with Crippen LogP contribution in [0.2, 0.25) is 0 Å². The lowest BCUT2D eigenvalue weighted by atomic mass is 9.99. The number of hydrogen-bond acceptors (Lipinski definition) is 4. The summed E-state index contributed by atoms with van der Waals surface area (Å²) in [7, 11) is 0. The molecule has 33 heavy (non-hydrogen) atoms. The van der Waals surface area contributed by atoms with Crippen LogP contribution in [0.1, 0.15) is 41.4 Å². The molecule has 0 radical (unpaired) electrons. The summed E-state index contributed by atoms with van der Waals surface area (Å²) in [4.78, 5) is 37.8. The summed E-state index contributed by atoms with van der Waals surface area (Å²) < 4.78 is 5.27. The summed E-state index contributed by atoms with van der Waals surface area (Å²) in [6.45, 7) is 3.16. The Balaban J connectivity index is 1.62. The topological polar surface area (TPSA) is 84.5 Å². The van der Waals surface area contributed by atoms with Crippen molar-refractivity contribution < 1.29 is 19.1 Å². The van der Waals surface area contributed by atoms with Gasteiger partial charge >= 0.3 is 5.97 Å². The summed E-state index contributed by atoms with van der Waals surface area (Å²) in [6, 6.07) is 26.5. The number of benzene rings is 3. The number of carbonyl (C=O) groups excluding carboxylic acids is 3. The van der Waals surface area contributed by atoms with Crippen molar-refractivity contribution in [2.24, 2.45) is 5.92 Å². The molecule has 0 fully saturated rings. The third kappa shape index (κ3) is 6.77. The molecule has 0 bridgehead atoms. The summed E-state index contributed by atoms with van der Waals surface area (Å²) in [5.74, 6) is -1.67. The Morgan fingerprint density at radius 3 is 1.70 bits per heavy atom. The minimum absolute atomic E-state index is 0.213. The van der Waals surface area contributed by atoms with Crippen LogP contribution in [0.4, 0.5) is 0 Å². The highest BCUT2D eigenvalue weighted by Gasteiger charge is 2.27. The molecule has 0 heterocycles. The number of amides is 2. The van der Waals surface area contributed by atoms with Crippen molar-refractivity contribution >= 4 is 17.8 Å². The molecule has 2 amide bonds. The summed E-state index contributed by atoms with van der Waals surface area (Å²) in [5.41, 5.74) is 2.28. The van der Waals surface area contributed by atoms with E-state index >= 15 is 0 Å². The van der Waals surface area contributed by atoms with E-state index in [2.05, 4.69) is 10.6 Å². The number of carbonyl (C=O) groups is 3. The fourth-order valence-corrected chi connectivity index (χ4v) is 3.39. The van der Waals surface area contributed by atoms with Gasteiger partial charge in [0.25, 0.3) is 11.8 Å². The van der Waals surface area contributed by atoms with Gasteiger partial charge in [-0.2, -0.15) is 0 Å². The Labute approximate surface area is 194 Å². The Hall–Kier alpha value is -3.93. The van der Waals surface area contributed by atoms with E-state index in [1.54, 1.807) is 38.1 Å². The molecule has 3 rings (SSSR count). The van der Waals surface area contributed by atoms with Crippen molar-refractivity contribution in [3.8, 4) is 0 Å². The van der Waals surface area contributed by atoms with Gasteiger partial charge in [-0.15, -0.1) is 0 Å². The maximum atomic E-state index is 12.7. The van der Waals surface area contributed by atoms with Gasteiger partial charge in [0.05, 0.1) is 6.04 Å². The molecule has 6 heteroatoms. The maximum absolute atomic E-state index is 12.7. The Bertz CT molecular complexity index is 1010. The number of nitrogens with one attached hydrogen (secondary N) is 2. The smallest absolute Gasteiger partial charge is 0.329 e. The maximum Gasteiger partial charge on any atom is 0.329 e. The second kappa shape index (κ2) is 11.6. The predicted octanol–water partition coefficient (Wildman–Crippen LogP) is 3.89. The van der Waals surface area contributed by atoms with Crippen LogP contribution in [-0.2, 0) is 14.3 Å². The predicted molar refractivity (Wildman–Crippen MR) is 126 cm³/mol. The third-order valence-electron chi connectivity index (χ3n) is 5.16. The molecule has 170 valence electrons. The number of rotatable bonds is 9. The highest BCUT2D eigenvalue weighted by molar-refractivity contribution is 5.97. The van der Waals surface area contributed by atoms with Gasteiger partial charge in [0.15, 0.2) is 6.61 Å². The van der Waals surface area contributed by atoms with Crippen LogP contribution in [0.25, 0.3) is 0 Å². The molecular weight excluding hydrogens is 416 g/mol. The fourth-order valence-electron chi connectivity index (χ4n) is 3.39. The minimum Gasteiger partial charge on any atom is -0.454 e. The lowest BCUT2D eigenvalue weighted by Gasteiger charge is -2.22. The molecule has 3 aromatic carbocycles. The van der Waals surface area contributed by atoms with Crippen molar-refractivity contribution in [1.29, 1.82) is 0 Å². The minimum atomic E-state index is -0.871. The Kier molecular flexibility index (Phi) is 8.36. The second-order valence-electron chi connectivity index (χ2n) is 7.99. The van der Waals surface area contributed by atoms with Crippen molar-refractivity contribution in [3.63, 3.8) is 0 Å². The average Bonchev–Trinajstić information content (AvgIpc) is 2.85. The second-order valence-corrected chi connectivity index (χ2v) is 7.99. The van der Waals surface area contributed by atoms with Crippen molar-refractivity contribution in [3.05, 3.63) is 108 Å². The fraction of sp³-hybridized carbons (Fsp3) is 0.222. The molecule has 0 aliphatic heterocycles. The van der Waals surface area contributed by atoms with Crippen LogP contribution in [0, 0.1) is 5.92 Å². The largest absolute Gasteiger partial charge is 0.454 e. The van der Waals surface area contributed by atoms with Gasteiger partial charge in [0, 0.05) is 5.56 Å². The molecule has 0 unspecified atom stereocenters. The molecule has 0 saturated heterocycles. The van der Waals surface area contributed by atoms with Gasteiger partial charge in [-0.25, -0.2) is 4.79 Å². The molecule has 1 atom stereocenters. The van der Waals surface area contributed by atoms with Crippen LogP contribution >= 0.6 is 0 Å². The first-order valence-corrected chi connectivity index (χ1v) is 10.9. The van der Waals surface area contributed by atoms with Crippen LogP contribution < -0.4 is 10.6 Å².